The number of carbonyl (C=O) groups excluding carboxylic acids is 2. The summed E-state index contributed by atoms with van der Waals surface area (Å²) in [6.45, 7) is 3.99. The second-order valence-electron chi connectivity index (χ2n) is 5.37. The lowest BCUT2D eigenvalue weighted by atomic mass is 10.1. The van der Waals surface area contributed by atoms with Gasteiger partial charge < -0.3 is 9.47 Å². The maximum absolute atomic E-state index is 11.9. The molecule has 0 bridgehead atoms. The minimum atomic E-state index is -0.434. The van der Waals surface area contributed by atoms with Crippen LogP contribution >= 0.6 is 0 Å². The summed E-state index contributed by atoms with van der Waals surface area (Å²) in [7, 11) is 0. The minimum absolute atomic E-state index is 0.00876. The maximum Gasteiger partial charge on any atom is 0.311 e. The number of aryl methyl sites for hydroxylation is 2. The molecule has 0 aliphatic rings. The van der Waals surface area contributed by atoms with Gasteiger partial charge in [0.1, 0.15) is 11.5 Å². The first-order valence-electron chi connectivity index (χ1n) is 8.21. The topological polar surface area (TPSA) is 52.6 Å². The molecule has 2 aromatic rings. The third-order valence-corrected chi connectivity index (χ3v) is 3.69. The van der Waals surface area contributed by atoms with E-state index in [0.29, 0.717) is 11.5 Å². The Kier molecular flexibility index (Phi) is 6.55. The highest BCUT2D eigenvalue weighted by molar-refractivity contribution is 5.80. The van der Waals surface area contributed by atoms with Gasteiger partial charge in [-0.3, -0.25) is 9.59 Å². The summed E-state index contributed by atoms with van der Waals surface area (Å²) >= 11 is 0. The van der Waals surface area contributed by atoms with Crippen molar-refractivity contribution in [1.29, 1.82) is 0 Å². The molecule has 0 atom stereocenters. The Morgan fingerprint density at radius 3 is 1.46 bits per heavy atom. The summed E-state index contributed by atoms with van der Waals surface area (Å²) < 4.78 is 10.7. The number of ether oxygens (including phenoxy) is 2. The fraction of sp³-hybridized carbons (Fsp3) is 0.300. The van der Waals surface area contributed by atoms with Gasteiger partial charge in [-0.2, -0.15) is 0 Å². The highest BCUT2D eigenvalue weighted by atomic mass is 16.5. The number of carbonyl (C=O) groups is 2. The summed E-state index contributed by atoms with van der Waals surface area (Å²) in [5.41, 5.74) is 1.93. The van der Waals surface area contributed by atoms with E-state index in [0.717, 1.165) is 24.0 Å². The van der Waals surface area contributed by atoms with Crippen LogP contribution in [0.2, 0.25) is 0 Å². The molecule has 0 heterocycles. The van der Waals surface area contributed by atoms with Gasteiger partial charge in [-0.1, -0.05) is 50.2 Å². The molecule has 4 nitrogen and oxygen atoms in total. The molecule has 2 aromatic carbocycles. The van der Waals surface area contributed by atoms with Crippen molar-refractivity contribution in [1.82, 2.24) is 0 Å². The molecule has 0 radical (unpaired) electrons. The van der Waals surface area contributed by atoms with Crippen LogP contribution in [0.25, 0.3) is 0 Å². The molecule has 0 aliphatic heterocycles. The first kappa shape index (κ1) is 17.7. The van der Waals surface area contributed by atoms with Crippen LogP contribution in [-0.4, -0.2) is 11.9 Å². The summed E-state index contributed by atoms with van der Waals surface area (Å²) in [6.07, 6.45) is 1.54. The van der Waals surface area contributed by atoms with Crippen molar-refractivity contribution in [3.63, 3.8) is 0 Å². The monoisotopic (exact) mass is 326 g/mol. The van der Waals surface area contributed by atoms with Crippen molar-refractivity contribution in [3.05, 3.63) is 59.7 Å². The van der Waals surface area contributed by atoms with E-state index in [4.69, 9.17) is 9.47 Å². The summed E-state index contributed by atoms with van der Waals surface area (Å²) in [4.78, 5) is 23.9. The van der Waals surface area contributed by atoms with E-state index < -0.39 is 11.9 Å². The van der Waals surface area contributed by atoms with Gasteiger partial charge in [-0.15, -0.1) is 0 Å². The van der Waals surface area contributed by atoms with Gasteiger partial charge >= 0.3 is 11.9 Å². The van der Waals surface area contributed by atoms with Crippen molar-refractivity contribution in [2.75, 3.05) is 0 Å². The van der Waals surface area contributed by atoms with Gasteiger partial charge in [0.05, 0.1) is 12.8 Å². The molecule has 0 saturated carbocycles. The van der Waals surface area contributed by atoms with E-state index in [2.05, 4.69) is 0 Å². The summed E-state index contributed by atoms with van der Waals surface area (Å²) in [5, 5.41) is 0. The minimum Gasteiger partial charge on any atom is -0.426 e. The standard InChI is InChI=1S/C20H22O4/c1-3-15-9-5-7-11-17(15)23-19(21)13-14-20(22)24-18-12-8-6-10-16(18)4-2/h5-12H,3-4,13-14H2,1-2H3. The second-order valence-corrected chi connectivity index (χ2v) is 5.37. The Bertz CT molecular complexity index is 645. The average Bonchev–Trinajstić information content (AvgIpc) is 2.61. The normalized spacial score (nSPS) is 10.2. The SMILES string of the molecule is CCc1ccccc1OC(=O)CCC(=O)Oc1ccccc1CC. The Hall–Kier alpha value is -2.62. The van der Waals surface area contributed by atoms with Crippen LogP contribution in [0, 0.1) is 0 Å². The van der Waals surface area contributed by atoms with E-state index in [-0.39, 0.29) is 12.8 Å². The molecule has 0 saturated heterocycles. The van der Waals surface area contributed by atoms with E-state index >= 15 is 0 Å². The van der Waals surface area contributed by atoms with Crippen LogP contribution in [0.3, 0.4) is 0 Å². The highest BCUT2D eigenvalue weighted by Gasteiger charge is 2.13. The van der Waals surface area contributed by atoms with Gasteiger partial charge in [-0.25, -0.2) is 0 Å². The molecule has 2 rings (SSSR count). The number of benzene rings is 2. The smallest absolute Gasteiger partial charge is 0.311 e. The number of para-hydroxylation sites is 2. The first-order chi connectivity index (χ1) is 11.6. The van der Waals surface area contributed by atoms with E-state index in [9.17, 15) is 9.59 Å². The van der Waals surface area contributed by atoms with Gasteiger partial charge in [0, 0.05) is 0 Å². The molecule has 0 fully saturated rings. The zero-order valence-electron chi connectivity index (χ0n) is 14.1. The molecule has 4 heteroatoms. The van der Waals surface area contributed by atoms with Gasteiger partial charge in [0.15, 0.2) is 0 Å². The van der Waals surface area contributed by atoms with Crippen LogP contribution in [0.15, 0.2) is 48.5 Å². The molecule has 0 spiro atoms. The molecule has 126 valence electrons. The fourth-order valence-electron chi connectivity index (χ4n) is 2.34. The van der Waals surface area contributed by atoms with Crippen LogP contribution < -0.4 is 9.47 Å². The predicted octanol–water partition coefficient (Wildman–Crippen LogP) is 4.10. The molecule has 0 aliphatic carbocycles. The van der Waals surface area contributed by atoms with Crippen molar-refractivity contribution in [3.8, 4) is 11.5 Å². The van der Waals surface area contributed by atoms with E-state index in [1.165, 1.54) is 0 Å². The second kappa shape index (κ2) is 8.87. The van der Waals surface area contributed by atoms with Gasteiger partial charge in [0.2, 0.25) is 0 Å². The first-order valence-corrected chi connectivity index (χ1v) is 8.21. The van der Waals surface area contributed by atoms with E-state index in [1.54, 1.807) is 12.1 Å². The van der Waals surface area contributed by atoms with Crippen LogP contribution in [0.1, 0.15) is 37.8 Å². The van der Waals surface area contributed by atoms with Crippen molar-refractivity contribution >= 4 is 11.9 Å². The largest absolute Gasteiger partial charge is 0.426 e. The molecular weight excluding hydrogens is 304 g/mol. The Balaban J connectivity index is 1.86. The summed E-state index contributed by atoms with van der Waals surface area (Å²) in [6, 6.07) is 14.8. The lowest BCUT2D eigenvalue weighted by molar-refractivity contribution is -0.140. The molecular formula is C20H22O4. The predicted molar refractivity (Wildman–Crippen MR) is 92.1 cm³/mol. The number of rotatable bonds is 7. The fourth-order valence-corrected chi connectivity index (χ4v) is 2.34. The molecule has 0 aromatic heterocycles. The number of hydrogen-bond acceptors (Lipinski definition) is 4. The lowest BCUT2D eigenvalue weighted by Crippen LogP contribution is -2.15. The van der Waals surface area contributed by atoms with Crippen molar-refractivity contribution in [2.45, 2.75) is 39.5 Å². The Labute approximate surface area is 142 Å². The van der Waals surface area contributed by atoms with Gasteiger partial charge in [-0.05, 0) is 36.1 Å². The lowest BCUT2D eigenvalue weighted by Gasteiger charge is -2.09. The maximum atomic E-state index is 11.9. The van der Waals surface area contributed by atoms with Crippen molar-refractivity contribution in [2.24, 2.45) is 0 Å². The van der Waals surface area contributed by atoms with Crippen molar-refractivity contribution < 1.29 is 19.1 Å². The van der Waals surface area contributed by atoms with E-state index in [1.807, 2.05) is 50.2 Å². The quantitative estimate of drug-likeness (QED) is 0.568. The van der Waals surface area contributed by atoms with Crippen LogP contribution in [-0.2, 0) is 22.4 Å². The van der Waals surface area contributed by atoms with Crippen LogP contribution in [0.4, 0.5) is 0 Å². The molecule has 0 unspecified atom stereocenters. The summed E-state index contributed by atoms with van der Waals surface area (Å²) in [5.74, 6) is 0.234. The van der Waals surface area contributed by atoms with Crippen LogP contribution in [0.5, 0.6) is 11.5 Å². The average molecular weight is 326 g/mol. The number of hydrogen-bond donors (Lipinski definition) is 0. The zero-order valence-corrected chi connectivity index (χ0v) is 14.1. The third kappa shape index (κ3) is 4.95. The third-order valence-electron chi connectivity index (χ3n) is 3.69. The Morgan fingerprint density at radius 2 is 1.08 bits per heavy atom. The number of esters is 2. The van der Waals surface area contributed by atoms with Gasteiger partial charge in [0.25, 0.3) is 0 Å². The molecule has 0 N–H and O–H groups in total. The zero-order chi connectivity index (χ0) is 17.4. The Morgan fingerprint density at radius 1 is 0.708 bits per heavy atom. The molecule has 0 amide bonds. The highest BCUT2D eigenvalue weighted by Crippen LogP contribution is 2.20. The molecule has 24 heavy (non-hydrogen) atoms.